The third-order valence-corrected chi connectivity index (χ3v) is 10.8. The number of hydrogen-bond donors (Lipinski definition) is 6. The maximum absolute atomic E-state index is 11.7. The number of esters is 6. The molecule has 6 amide bonds. The molecule has 6 N–H and O–H groups in total. The lowest BCUT2D eigenvalue weighted by Gasteiger charge is -2.16. The van der Waals surface area contributed by atoms with Gasteiger partial charge >= 0.3 is 72.4 Å². The van der Waals surface area contributed by atoms with Crippen LogP contribution in [0, 0.1) is 17.8 Å². The standard InChI is InChI=1S/3C20H32N2O8/c1-6-17(23)27-12-16(5)30-20(26)21-10-8-9-14(3)11-22-19(25)28-13-15(4)29-18(24)7-2;1-6-17(23)29-15(4)12-27-19(25)21-10-8-9-14(3)11-22-20(26)28-13-16(5)30-18(24)7-2;1-6-17(23)27-12-15(4)29-19(25)21-10-8-9-14(3)11-22-20(26)30-16(5)13-28-18(24)7-2/h6-7,14-16H,1-2,8-13H2,3-5H3,(H,21,26)(H,22,25);2*6-7,14-16H,1-2,8-13H2,3-5H3,(H,21,25)(H,22,26). The Morgan fingerprint density at radius 3 is 0.733 bits per heavy atom. The van der Waals surface area contributed by atoms with Crippen molar-refractivity contribution in [3.8, 4) is 0 Å². The maximum atomic E-state index is 11.7. The Morgan fingerprint density at radius 2 is 0.478 bits per heavy atom. The van der Waals surface area contributed by atoms with Crippen LogP contribution in [0.1, 0.15) is 101 Å². The van der Waals surface area contributed by atoms with Crippen LogP contribution in [0.15, 0.2) is 75.9 Å². The van der Waals surface area contributed by atoms with Gasteiger partial charge in [-0.25, -0.2) is 57.5 Å². The van der Waals surface area contributed by atoms with Gasteiger partial charge in [0.15, 0.2) is 0 Å². The van der Waals surface area contributed by atoms with Gasteiger partial charge < -0.3 is 88.7 Å². The fraction of sp³-hybridized carbons (Fsp3) is 0.600. The minimum Gasteiger partial charge on any atom is -0.459 e. The van der Waals surface area contributed by atoms with Gasteiger partial charge in [0.1, 0.15) is 76.3 Å². The Kier molecular flexibility index (Phi) is 51.1. The SMILES string of the molecule is C=CC(=O)OC(C)COC(=O)NCCCC(C)CNC(=O)OCC(C)OC(=O)C=C.C=CC(=O)OCC(C)OC(=O)NCCCC(C)CNC(=O)OC(C)COC(=O)C=C.C=CC(=O)OCC(C)OC(=O)NCCCC(C)CNC(=O)OCC(C)OC(=O)C=C. The maximum Gasteiger partial charge on any atom is 0.407 e. The van der Waals surface area contributed by atoms with E-state index >= 15 is 0 Å². The van der Waals surface area contributed by atoms with Crippen LogP contribution in [0.25, 0.3) is 0 Å². The van der Waals surface area contributed by atoms with E-state index in [-0.39, 0.29) is 57.4 Å². The summed E-state index contributed by atoms with van der Waals surface area (Å²) in [6.45, 7) is 37.2. The van der Waals surface area contributed by atoms with Crippen molar-refractivity contribution >= 4 is 72.4 Å². The third kappa shape index (κ3) is 55.5. The first-order valence-corrected chi connectivity index (χ1v) is 28.9. The summed E-state index contributed by atoms with van der Waals surface area (Å²) in [6.07, 6.45) is 3.46. The first-order chi connectivity index (χ1) is 42.5. The van der Waals surface area contributed by atoms with Crippen LogP contribution in [0.4, 0.5) is 28.8 Å². The number of rotatable bonds is 42. The molecule has 0 radical (unpaired) electrons. The van der Waals surface area contributed by atoms with Crippen molar-refractivity contribution in [3.05, 3.63) is 75.9 Å². The average molecular weight is 1290 g/mol. The van der Waals surface area contributed by atoms with Gasteiger partial charge in [-0.2, -0.15) is 0 Å². The normalized spacial score (nSPS) is 13.0. The molecular weight excluding hydrogens is 1190 g/mol. The van der Waals surface area contributed by atoms with Crippen LogP contribution in [-0.2, 0) is 85.6 Å². The molecule has 0 aliphatic carbocycles. The predicted octanol–water partition coefficient (Wildman–Crippen LogP) is 6.27. The van der Waals surface area contributed by atoms with Crippen LogP contribution in [0.5, 0.6) is 0 Å². The molecule has 0 fully saturated rings. The van der Waals surface area contributed by atoms with Gasteiger partial charge in [0.25, 0.3) is 0 Å². The lowest BCUT2D eigenvalue weighted by Crippen LogP contribution is -2.33. The molecule has 9 atom stereocenters. The third-order valence-electron chi connectivity index (χ3n) is 10.8. The summed E-state index contributed by atoms with van der Waals surface area (Å²) in [4.78, 5) is 136. The van der Waals surface area contributed by atoms with Crippen LogP contribution in [0.3, 0.4) is 0 Å². The zero-order valence-electron chi connectivity index (χ0n) is 53.4. The largest absolute Gasteiger partial charge is 0.459 e. The van der Waals surface area contributed by atoms with E-state index in [4.69, 9.17) is 56.8 Å². The first-order valence-electron chi connectivity index (χ1n) is 28.9. The van der Waals surface area contributed by atoms with E-state index in [1.807, 2.05) is 20.8 Å². The summed E-state index contributed by atoms with van der Waals surface area (Å²) in [5.41, 5.74) is 0. The molecule has 0 saturated heterocycles. The van der Waals surface area contributed by atoms with E-state index in [1.165, 1.54) is 0 Å². The fourth-order valence-corrected chi connectivity index (χ4v) is 6.13. The van der Waals surface area contributed by atoms with Crippen molar-refractivity contribution in [2.75, 3.05) is 78.9 Å². The zero-order valence-corrected chi connectivity index (χ0v) is 53.4. The van der Waals surface area contributed by atoms with E-state index in [0.717, 1.165) is 55.7 Å². The van der Waals surface area contributed by atoms with Crippen LogP contribution in [0.2, 0.25) is 0 Å². The van der Waals surface area contributed by atoms with E-state index in [0.29, 0.717) is 58.5 Å². The van der Waals surface area contributed by atoms with Gasteiger partial charge in [-0.05, 0) is 97.8 Å². The fourth-order valence-electron chi connectivity index (χ4n) is 6.13. The van der Waals surface area contributed by atoms with Crippen molar-refractivity contribution < 1.29 is 114 Å². The van der Waals surface area contributed by atoms with Gasteiger partial charge in [-0.3, -0.25) is 0 Å². The summed E-state index contributed by atoms with van der Waals surface area (Å²) in [5.74, 6) is -3.02. The number of amides is 6. The van der Waals surface area contributed by atoms with Crippen LogP contribution >= 0.6 is 0 Å². The molecule has 0 aliphatic heterocycles. The molecule has 0 saturated carbocycles. The topological polar surface area (TPSA) is 388 Å². The van der Waals surface area contributed by atoms with Crippen LogP contribution < -0.4 is 31.9 Å². The molecule has 30 heteroatoms. The Balaban J connectivity index is -0.00000126. The number of carbonyl (C=O) groups is 12. The van der Waals surface area contributed by atoms with Crippen molar-refractivity contribution in [3.63, 3.8) is 0 Å². The number of alkyl carbamates (subject to hydrolysis) is 6. The van der Waals surface area contributed by atoms with Crippen molar-refractivity contribution in [1.82, 2.24) is 31.9 Å². The highest BCUT2D eigenvalue weighted by Crippen LogP contribution is 2.08. The summed E-state index contributed by atoms with van der Waals surface area (Å²) in [7, 11) is 0. The first kappa shape index (κ1) is 85.1. The number of ether oxygens (including phenoxy) is 12. The molecular formula is C60H96N6O24. The lowest BCUT2D eigenvalue weighted by atomic mass is 10.1. The molecule has 0 aromatic heterocycles. The molecule has 0 bridgehead atoms. The van der Waals surface area contributed by atoms with Gasteiger partial charge in [-0.1, -0.05) is 60.2 Å². The van der Waals surface area contributed by atoms with E-state index in [9.17, 15) is 57.5 Å². The Morgan fingerprint density at radius 1 is 0.278 bits per heavy atom. The molecule has 9 unspecified atom stereocenters. The minimum absolute atomic E-state index is 0.0491. The summed E-state index contributed by atoms with van der Waals surface area (Å²) < 4.78 is 59.0. The Hall–Kier alpha value is -9.12. The number of hydrogen-bond acceptors (Lipinski definition) is 24. The lowest BCUT2D eigenvalue weighted by molar-refractivity contribution is -0.144. The highest BCUT2D eigenvalue weighted by molar-refractivity contribution is 5.83. The van der Waals surface area contributed by atoms with Gasteiger partial charge in [0.05, 0.1) is 0 Å². The second-order valence-corrected chi connectivity index (χ2v) is 20.0. The Labute approximate surface area is 527 Å². The summed E-state index contributed by atoms with van der Waals surface area (Å²) >= 11 is 0. The average Bonchev–Trinajstić information content (AvgIpc) is 3.55. The summed E-state index contributed by atoms with van der Waals surface area (Å²) in [6, 6.07) is 0. The van der Waals surface area contributed by atoms with Gasteiger partial charge in [0.2, 0.25) is 0 Å². The van der Waals surface area contributed by atoms with E-state index < -0.39 is 109 Å². The molecule has 0 spiro atoms. The van der Waals surface area contributed by atoms with Gasteiger partial charge in [-0.15, -0.1) is 0 Å². The minimum atomic E-state index is -0.601. The summed E-state index contributed by atoms with van der Waals surface area (Å²) in [5, 5.41) is 15.7. The van der Waals surface area contributed by atoms with Crippen molar-refractivity contribution in [1.29, 1.82) is 0 Å². The smallest absolute Gasteiger partial charge is 0.407 e. The molecule has 0 aromatic rings. The highest BCUT2D eigenvalue weighted by atomic mass is 16.6. The molecule has 30 nitrogen and oxygen atoms in total. The van der Waals surface area contributed by atoms with E-state index in [2.05, 4.69) is 71.4 Å². The van der Waals surface area contributed by atoms with Gasteiger partial charge in [0, 0.05) is 75.7 Å². The highest BCUT2D eigenvalue weighted by Gasteiger charge is 2.18. The number of carbonyl (C=O) groups excluding carboxylic acids is 12. The molecule has 90 heavy (non-hydrogen) atoms. The van der Waals surface area contributed by atoms with Crippen molar-refractivity contribution in [2.45, 2.75) is 137 Å². The zero-order chi connectivity index (χ0) is 68.8. The monoisotopic (exact) mass is 1280 g/mol. The second-order valence-electron chi connectivity index (χ2n) is 20.0. The quantitative estimate of drug-likeness (QED) is 0.0170. The molecule has 510 valence electrons. The molecule has 0 aromatic carbocycles. The molecule has 0 aliphatic rings. The van der Waals surface area contributed by atoms with E-state index in [1.54, 1.807) is 41.5 Å². The Bertz CT molecular complexity index is 2270. The van der Waals surface area contributed by atoms with Crippen molar-refractivity contribution in [2.24, 2.45) is 17.8 Å². The van der Waals surface area contributed by atoms with Crippen LogP contribution in [-0.4, -0.2) is 188 Å². The second kappa shape index (κ2) is 54.1. The molecule has 0 rings (SSSR count). The predicted molar refractivity (Wildman–Crippen MR) is 326 cm³/mol. The number of nitrogens with one attached hydrogen (secondary N) is 6. The molecule has 0 heterocycles.